The highest BCUT2D eigenvalue weighted by molar-refractivity contribution is 9.10. The minimum atomic E-state index is -3.78. The van der Waals surface area contributed by atoms with E-state index in [4.69, 9.17) is 4.74 Å². The Kier molecular flexibility index (Phi) is 5.58. The Morgan fingerprint density at radius 1 is 1.21 bits per heavy atom. The van der Waals surface area contributed by atoms with Gasteiger partial charge in [-0.15, -0.1) is 0 Å². The lowest BCUT2D eigenvalue weighted by Crippen LogP contribution is -2.26. The number of hydrogen-bond donors (Lipinski definition) is 0. The van der Waals surface area contributed by atoms with Gasteiger partial charge in [-0.05, 0) is 30.3 Å². The van der Waals surface area contributed by atoms with Crippen LogP contribution in [0.2, 0.25) is 0 Å². The molecule has 0 spiro atoms. The van der Waals surface area contributed by atoms with E-state index >= 15 is 0 Å². The maximum absolute atomic E-state index is 12.6. The van der Waals surface area contributed by atoms with E-state index in [0.29, 0.717) is 11.3 Å². The molecule has 24 heavy (non-hydrogen) atoms. The van der Waals surface area contributed by atoms with Crippen molar-refractivity contribution in [1.29, 1.82) is 0 Å². The molecule has 0 saturated carbocycles. The van der Waals surface area contributed by atoms with Crippen molar-refractivity contribution in [2.24, 2.45) is 0 Å². The molecular formula is C15H15BrN2O5S. The molecule has 0 aliphatic heterocycles. The maximum Gasteiger partial charge on any atom is 0.269 e. The topological polar surface area (TPSA) is 89.8 Å². The molecule has 0 atom stereocenters. The molecule has 0 N–H and O–H groups in total. The van der Waals surface area contributed by atoms with Crippen LogP contribution < -0.4 is 4.74 Å². The van der Waals surface area contributed by atoms with Crippen LogP contribution in [0.3, 0.4) is 0 Å². The monoisotopic (exact) mass is 414 g/mol. The van der Waals surface area contributed by atoms with Crippen LogP contribution in [0.1, 0.15) is 5.56 Å². The second-order valence-corrected chi connectivity index (χ2v) is 7.93. The van der Waals surface area contributed by atoms with Crippen molar-refractivity contribution in [1.82, 2.24) is 4.31 Å². The standard InChI is InChI=1S/C15H15BrN2O5S/c1-17(10-11-9-12(16)3-8-15(11)23-2)24(21,22)14-6-4-13(5-7-14)18(19)20/h3-9H,10H2,1-2H3. The zero-order valence-electron chi connectivity index (χ0n) is 13.0. The van der Waals surface area contributed by atoms with Crippen molar-refractivity contribution >= 4 is 31.6 Å². The Hall–Kier alpha value is -1.97. The summed E-state index contributed by atoms with van der Waals surface area (Å²) in [5.74, 6) is 0.573. The largest absolute Gasteiger partial charge is 0.496 e. The van der Waals surface area contributed by atoms with Crippen molar-refractivity contribution < 1.29 is 18.1 Å². The van der Waals surface area contributed by atoms with Crippen molar-refractivity contribution in [3.63, 3.8) is 0 Å². The molecule has 128 valence electrons. The number of methoxy groups -OCH3 is 1. The number of nitro benzene ring substituents is 1. The summed E-state index contributed by atoms with van der Waals surface area (Å²) in [6, 6.07) is 10.1. The lowest BCUT2D eigenvalue weighted by atomic mass is 10.2. The van der Waals surface area contributed by atoms with Gasteiger partial charge >= 0.3 is 0 Å². The van der Waals surface area contributed by atoms with Crippen LogP contribution in [0.15, 0.2) is 51.8 Å². The van der Waals surface area contributed by atoms with Gasteiger partial charge in [0.1, 0.15) is 5.75 Å². The Labute approximate surface area is 148 Å². The highest BCUT2D eigenvalue weighted by Gasteiger charge is 2.23. The molecular weight excluding hydrogens is 400 g/mol. The van der Waals surface area contributed by atoms with Gasteiger partial charge in [-0.25, -0.2) is 8.42 Å². The van der Waals surface area contributed by atoms with Gasteiger partial charge in [0.2, 0.25) is 10.0 Å². The number of hydrogen-bond acceptors (Lipinski definition) is 5. The van der Waals surface area contributed by atoms with Crippen LogP contribution in [0, 0.1) is 10.1 Å². The van der Waals surface area contributed by atoms with Crippen molar-refractivity contribution in [3.8, 4) is 5.75 Å². The average Bonchev–Trinajstić information content (AvgIpc) is 2.55. The molecule has 0 unspecified atom stereocenters. The first-order valence-electron chi connectivity index (χ1n) is 6.79. The Balaban J connectivity index is 2.29. The number of halogens is 1. The first-order chi connectivity index (χ1) is 11.3. The fourth-order valence-corrected chi connectivity index (χ4v) is 3.67. The predicted octanol–water partition coefficient (Wildman–Crippen LogP) is 3.19. The van der Waals surface area contributed by atoms with Crippen LogP contribution in [0.25, 0.3) is 0 Å². The zero-order chi connectivity index (χ0) is 17.9. The van der Waals surface area contributed by atoms with E-state index in [1.807, 2.05) is 0 Å². The van der Waals surface area contributed by atoms with Crippen molar-refractivity contribution in [2.75, 3.05) is 14.2 Å². The van der Waals surface area contributed by atoms with E-state index < -0.39 is 14.9 Å². The number of benzene rings is 2. The summed E-state index contributed by atoms with van der Waals surface area (Å²) in [6.07, 6.45) is 0. The second kappa shape index (κ2) is 7.29. The predicted molar refractivity (Wildman–Crippen MR) is 92.4 cm³/mol. The number of nitro groups is 1. The Morgan fingerprint density at radius 3 is 2.38 bits per heavy atom. The molecule has 0 radical (unpaired) electrons. The first kappa shape index (κ1) is 18.4. The summed E-state index contributed by atoms with van der Waals surface area (Å²) in [5, 5.41) is 10.7. The number of non-ortho nitro benzene ring substituents is 1. The van der Waals surface area contributed by atoms with Crippen molar-refractivity contribution in [3.05, 3.63) is 62.6 Å². The molecule has 2 aromatic rings. The molecule has 0 bridgehead atoms. The number of rotatable bonds is 6. The van der Waals surface area contributed by atoms with Gasteiger partial charge < -0.3 is 4.74 Å². The van der Waals surface area contributed by atoms with Gasteiger partial charge in [0.15, 0.2) is 0 Å². The SMILES string of the molecule is COc1ccc(Br)cc1CN(C)S(=O)(=O)c1ccc([N+](=O)[O-])cc1. The molecule has 0 saturated heterocycles. The molecule has 0 heterocycles. The summed E-state index contributed by atoms with van der Waals surface area (Å²) in [6.45, 7) is 0.0991. The molecule has 0 amide bonds. The minimum Gasteiger partial charge on any atom is -0.496 e. The van der Waals surface area contributed by atoms with E-state index in [-0.39, 0.29) is 17.1 Å². The highest BCUT2D eigenvalue weighted by atomic mass is 79.9. The van der Waals surface area contributed by atoms with Crippen LogP contribution >= 0.6 is 15.9 Å². The van der Waals surface area contributed by atoms with Gasteiger partial charge in [0.25, 0.3) is 5.69 Å². The van der Waals surface area contributed by atoms with Gasteiger partial charge in [0, 0.05) is 35.8 Å². The Bertz CT molecular complexity index is 853. The lowest BCUT2D eigenvalue weighted by molar-refractivity contribution is -0.384. The van der Waals surface area contributed by atoms with Crippen LogP contribution in [-0.2, 0) is 16.6 Å². The molecule has 7 nitrogen and oxygen atoms in total. The summed E-state index contributed by atoms with van der Waals surface area (Å²) >= 11 is 3.34. The fourth-order valence-electron chi connectivity index (χ4n) is 2.12. The van der Waals surface area contributed by atoms with Crippen LogP contribution in [-0.4, -0.2) is 31.8 Å². The van der Waals surface area contributed by atoms with Gasteiger partial charge in [-0.3, -0.25) is 10.1 Å². The van der Waals surface area contributed by atoms with E-state index in [9.17, 15) is 18.5 Å². The third kappa shape index (κ3) is 3.92. The smallest absolute Gasteiger partial charge is 0.269 e. The highest BCUT2D eigenvalue weighted by Crippen LogP contribution is 2.26. The van der Waals surface area contributed by atoms with E-state index in [2.05, 4.69) is 15.9 Å². The summed E-state index contributed by atoms with van der Waals surface area (Å²) < 4.78 is 32.4. The van der Waals surface area contributed by atoms with Crippen molar-refractivity contribution in [2.45, 2.75) is 11.4 Å². The molecule has 2 aromatic carbocycles. The molecule has 0 aliphatic carbocycles. The van der Waals surface area contributed by atoms with E-state index in [0.717, 1.165) is 4.47 Å². The van der Waals surface area contributed by atoms with Gasteiger partial charge in [-0.2, -0.15) is 4.31 Å². The molecule has 0 fully saturated rings. The summed E-state index contributed by atoms with van der Waals surface area (Å²) in [7, 11) is -0.825. The average molecular weight is 415 g/mol. The molecule has 9 heteroatoms. The first-order valence-corrected chi connectivity index (χ1v) is 9.02. The fraction of sp³-hybridized carbons (Fsp3) is 0.200. The molecule has 2 rings (SSSR count). The van der Waals surface area contributed by atoms with E-state index in [1.54, 1.807) is 18.2 Å². The number of sulfonamides is 1. The lowest BCUT2D eigenvalue weighted by Gasteiger charge is -2.19. The minimum absolute atomic E-state index is 0.00966. The summed E-state index contributed by atoms with van der Waals surface area (Å²) in [4.78, 5) is 10.1. The quantitative estimate of drug-likeness (QED) is 0.534. The van der Waals surface area contributed by atoms with E-state index in [1.165, 1.54) is 42.7 Å². The third-order valence-electron chi connectivity index (χ3n) is 3.39. The molecule has 0 aromatic heterocycles. The van der Waals surface area contributed by atoms with Gasteiger partial charge in [0.05, 0.1) is 16.9 Å². The number of ether oxygens (including phenoxy) is 1. The Morgan fingerprint density at radius 2 is 1.83 bits per heavy atom. The third-order valence-corrected chi connectivity index (χ3v) is 5.70. The summed E-state index contributed by atoms with van der Waals surface area (Å²) in [5.41, 5.74) is 0.533. The van der Waals surface area contributed by atoms with Crippen LogP contribution in [0.5, 0.6) is 5.75 Å². The van der Waals surface area contributed by atoms with Gasteiger partial charge in [-0.1, -0.05) is 15.9 Å². The zero-order valence-corrected chi connectivity index (χ0v) is 15.4. The van der Waals surface area contributed by atoms with Crippen LogP contribution in [0.4, 0.5) is 5.69 Å². The normalized spacial score (nSPS) is 11.5. The second-order valence-electron chi connectivity index (χ2n) is 4.97. The molecule has 0 aliphatic rings. The number of nitrogens with zero attached hydrogens (tertiary/aromatic N) is 2. The maximum atomic E-state index is 12.6.